The minimum atomic E-state index is 0.492. The molecule has 0 heterocycles. The molecule has 19 heavy (non-hydrogen) atoms. The molecule has 100 valence electrons. The Bertz CT molecular complexity index is 566. The first-order chi connectivity index (χ1) is 9.10. The van der Waals surface area contributed by atoms with Crippen LogP contribution in [0.4, 0.5) is 0 Å². The van der Waals surface area contributed by atoms with Gasteiger partial charge < -0.3 is 10.5 Å². The third-order valence-corrected chi connectivity index (χ3v) is 3.60. The number of benzene rings is 2. The molecule has 0 bridgehead atoms. The fourth-order valence-corrected chi connectivity index (χ4v) is 2.33. The van der Waals surface area contributed by atoms with Crippen molar-refractivity contribution in [2.45, 2.75) is 26.3 Å². The standard InChI is InChI=1S/C16H18BrNO/c1-11(2)13-4-3-5-14(9-13)19-16-7-6-12(10-18)8-15(16)17/h3-9,11H,10,18H2,1-2H3. The highest BCUT2D eigenvalue weighted by Crippen LogP contribution is 2.31. The van der Waals surface area contributed by atoms with E-state index < -0.39 is 0 Å². The Kier molecular flexibility index (Phi) is 4.61. The van der Waals surface area contributed by atoms with Crippen molar-refractivity contribution in [3.8, 4) is 11.5 Å². The van der Waals surface area contributed by atoms with Crippen LogP contribution in [0.2, 0.25) is 0 Å². The van der Waals surface area contributed by atoms with Gasteiger partial charge in [-0.2, -0.15) is 0 Å². The Labute approximate surface area is 122 Å². The zero-order valence-electron chi connectivity index (χ0n) is 11.2. The van der Waals surface area contributed by atoms with E-state index in [1.54, 1.807) is 0 Å². The van der Waals surface area contributed by atoms with Gasteiger partial charge in [-0.15, -0.1) is 0 Å². The fourth-order valence-electron chi connectivity index (χ4n) is 1.82. The van der Waals surface area contributed by atoms with Crippen LogP contribution in [-0.4, -0.2) is 0 Å². The second-order valence-electron chi connectivity index (χ2n) is 4.80. The van der Waals surface area contributed by atoms with Gasteiger partial charge in [0, 0.05) is 6.54 Å². The summed E-state index contributed by atoms with van der Waals surface area (Å²) in [7, 11) is 0. The van der Waals surface area contributed by atoms with E-state index in [2.05, 4.69) is 41.9 Å². The van der Waals surface area contributed by atoms with E-state index in [1.807, 2.05) is 30.3 Å². The van der Waals surface area contributed by atoms with Crippen LogP contribution in [0.25, 0.3) is 0 Å². The fraction of sp³-hybridized carbons (Fsp3) is 0.250. The van der Waals surface area contributed by atoms with Gasteiger partial charge in [-0.25, -0.2) is 0 Å². The minimum Gasteiger partial charge on any atom is -0.456 e. The molecule has 0 unspecified atom stereocenters. The molecule has 0 amide bonds. The van der Waals surface area contributed by atoms with E-state index in [0.29, 0.717) is 12.5 Å². The molecule has 0 atom stereocenters. The zero-order valence-corrected chi connectivity index (χ0v) is 12.8. The molecule has 0 saturated carbocycles. The maximum Gasteiger partial charge on any atom is 0.141 e. The summed E-state index contributed by atoms with van der Waals surface area (Å²) in [6.07, 6.45) is 0. The van der Waals surface area contributed by atoms with Crippen LogP contribution < -0.4 is 10.5 Å². The molecule has 0 radical (unpaired) electrons. The van der Waals surface area contributed by atoms with E-state index in [4.69, 9.17) is 10.5 Å². The number of nitrogens with two attached hydrogens (primary N) is 1. The van der Waals surface area contributed by atoms with Gasteiger partial charge in [0.05, 0.1) is 4.47 Å². The highest BCUT2D eigenvalue weighted by Gasteiger charge is 2.05. The summed E-state index contributed by atoms with van der Waals surface area (Å²) < 4.78 is 6.83. The maximum atomic E-state index is 5.91. The third-order valence-electron chi connectivity index (χ3n) is 2.98. The predicted octanol–water partition coefficient (Wildman–Crippen LogP) is 4.82. The average molecular weight is 320 g/mol. The molecule has 0 aromatic heterocycles. The largest absolute Gasteiger partial charge is 0.456 e. The molecule has 0 fully saturated rings. The molecule has 2 N–H and O–H groups in total. The lowest BCUT2D eigenvalue weighted by Crippen LogP contribution is -1.96. The number of hydrogen-bond donors (Lipinski definition) is 1. The van der Waals surface area contributed by atoms with Gasteiger partial charge in [-0.05, 0) is 57.2 Å². The van der Waals surface area contributed by atoms with Crippen LogP contribution in [-0.2, 0) is 6.54 Å². The van der Waals surface area contributed by atoms with Crippen LogP contribution in [0.3, 0.4) is 0 Å². The molecule has 2 aromatic rings. The van der Waals surface area contributed by atoms with Crippen molar-refractivity contribution in [1.82, 2.24) is 0 Å². The Morgan fingerprint density at radius 3 is 2.58 bits per heavy atom. The third kappa shape index (κ3) is 3.58. The van der Waals surface area contributed by atoms with Gasteiger partial charge in [0.25, 0.3) is 0 Å². The SMILES string of the molecule is CC(C)c1cccc(Oc2ccc(CN)cc2Br)c1. The van der Waals surface area contributed by atoms with E-state index in [9.17, 15) is 0 Å². The van der Waals surface area contributed by atoms with Crippen molar-refractivity contribution in [3.63, 3.8) is 0 Å². The average Bonchev–Trinajstić information content (AvgIpc) is 2.41. The van der Waals surface area contributed by atoms with Crippen molar-refractivity contribution in [3.05, 3.63) is 58.1 Å². The van der Waals surface area contributed by atoms with Crippen molar-refractivity contribution < 1.29 is 4.74 Å². The molecule has 2 rings (SSSR count). The summed E-state index contributed by atoms with van der Waals surface area (Å²) in [6.45, 7) is 4.87. The van der Waals surface area contributed by atoms with Gasteiger partial charge in [0.1, 0.15) is 11.5 Å². The molecule has 0 aliphatic carbocycles. The second kappa shape index (κ2) is 6.22. The van der Waals surface area contributed by atoms with Crippen LogP contribution in [0.1, 0.15) is 30.9 Å². The molecule has 0 spiro atoms. The summed E-state index contributed by atoms with van der Waals surface area (Å²) in [5.41, 5.74) is 7.96. The van der Waals surface area contributed by atoms with Crippen LogP contribution in [0.15, 0.2) is 46.9 Å². The smallest absolute Gasteiger partial charge is 0.141 e. The summed E-state index contributed by atoms with van der Waals surface area (Å²) >= 11 is 3.51. The first-order valence-corrected chi connectivity index (χ1v) is 7.15. The van der Waals surface area contributed by atoms with Crippen LogP contribution in [0.5, 0.6) is 11.5 Å². The zero-order chi connectivity index (χ0) is 13.8. The highest BCUT2D eigenvalue weighted by atomic mass is 79.9. The molecule has 3 heteroatoms. The Balaban J connectivity index is 2.23. The van der Waals surface area contributed by atoms with E-state index >= 15 is 0 Å². The summed E-state index contributed by atoms with van der Waals surface area (Å²) in [5, 5.41) is 0. The normalized spacial score (nSPS) is 10.8. The topological polar surface area (TPSA) is 35.2 Å². The summed E-state index contributed by atoms with van der Waals surface area (Å²) in [4.78, 5) is 0. The van der Waals surface area contributed by atoms with E-state index in [1.165, 1.54) is 5.56 Å². The maximum absolute atomic E-state index is 5.91. The molecule has 0 aliphatic rings. The van der Waals surface area contributed by atoms with Crippen LogP contribution in [0, 0.1) is 0 Å². The minimum absolute atomic E-state index is 0.492. The Morgan fingerprint density at radius 2 is 1.95 bits per heavy atom. The lowest BCUT2D eigenvalue weighted by Gasteiger charge is -2.11. The molecular formula is C16H18BrNO. The summed E-state index contributed by atoms with van der Waals surface area (Å²) in [6, 6.07) is 14.1. The summed E-state index contributed by atoms with van der Waals surface area (Å²) in [5.74, 6) is 2.15. The monoisotopic (exact) mass is 319 g/mol. The van der Waals surface area contributed by atoms with Crippen molar-refractivity contribution in [1.29, 1.82) is 0 Å². The number of ether oxygens (including phenoxy) is 1. The lowest BCUT2D eigenvalue weighted by atomic mass is 10.0. The van der Waals surface area contributed by atoms with Gasteiger partial charge in [-0.1, -0.05) is 32.0 Å². The second-order valence-corrected chi connectivity index (χ2v) is 5.65. The van der Waals surface area contributed by atoms with E-state index in [0.717, 1.165) is 21.5 Å². The van der Waals surface area contributed by atoms with Gasteiger partial charge >= 0.3 is 0 Å². The Morgan fingerprint density at radius 1 is 1.16 bits per heavy atom. The van der Waals surface area contributed by atoms with Gasteiger partial charge in [0.2, 0.25) is 0 Å². The van der Waals surface area contributed by atoms with Crippen molar-refractivity contribution in [2.75, 3.05) is 0 Å². The Hall–Kier alpha value is -1.32. The van der Waals surface area contributed by atoms with Crippen molar-refractivity contribution in [2.24, 2.45) is 5.73 Å². The molecule has 0 saturated heterocycles. The highest BCUT2D eigenvalue weighted by molar-refractivity contribution is 9.10. The van der Waals surface area contributed by atoms with E-state index in [-0.39, 0.29) is 0 Å². The molecule has 2 nitrogen and oxygen atoms in total. The number of rotatable bonds is 4. The molecule has 0 aliphatic heterocycles. The van der Waals surface area contributed by atoms with Crippen molar-refractivity contribution >= 4 is 15.9 Å². The quantitative estimate of drug-likeness (QED) is 0.876. The first-order valence-electron chi connectivity index (χ1n) is 6.36. The number of halogens is 1. The van der Waals surface area contributed by atoms with Gasteiger partial charge in [0.15, 0.2) is 0 Å². The lowest BCUT2D eigenvalue weighted by molar-refractivity contribution is 0.478. The van der Waals surface area contributed by atoms with Gasteiger partial charge in [-0.3, -0.25) is 0 Å². The number of hydrogen-bond acceptors (Lipinski definition) is 2. The predicted molar refractivity (Wildman–Crippen MR) is 82.6 cm³/mol. The first kappa shape index (κ1) is 14.1. The van der Waals surface area contributed by atoms with Crippen LogP contribution >= 0.6 is 15.9 Å². The molecule has 2 aromatic carbocycles. The molecular weight excluding hydrogens is 302 g/mol.